The summed E-state index contributed by atoms with van der Waals surface area (Å²) in [5.41, 5.74) is 0. The third-order valence-electron chi connectivity index (χ3n) is 0.453. The molecule has 0 radical (unpaired) electrons. The molecule has 2 N–H and O–H groups in total. The molecule has 0 aromatic heterocycles. The van der Waals surface area contributed by atoms with Crippen LogP contribution in [-0.4, -0.2) is 11.0 Å². The Labute approximate surface area is 47.3 Å². The molecule has 1 amide bonds. The van der Waals surface area contributed by atoms with Crippen LogP contribution in [-0.2, 0) is 4.79 Å². The molecule has 3 nitrogen and oxygen atoms in total. The van der Waals surface area contributed by atoms with E-state index in [2.05, 4.69) is 13.2 Å². The zero-order valence-electron chi connectivity index (χ0n) is 4.35. The van der Waals surface area contributed by atoms with Crippen LogP contribution in [0.3, 0.4) is 0 Å². The molecule has 0 saturated carbocycles. The summed E-state index contributed by atoms with van der Waals surface area (Å²) in [7, 11) is 0. The molecule has 0 rings (SSSR count). The first-order valence-corrected chi connectivity index (χ1v) is 1.98. The molecule has 0 fully saturated rings. The lowest BCUT2D eigenvalue weighted by atomic mass is 10.6. The van der Waals surface area contributed by atoms with Gasteiger partial charge in [-0.25, -0.2) is 0 Å². The second kappa shape index (κ2) is 2.85. The summed E-state index contributed by atoms with van der Waals surface area (Å²) in [6.07, 6.45) is 1.04. The number of aliphatic hydroxyl groups is 1. The molecule has 44 valence electrons. The molecule has 0 aliphatic carbocycles. The van der Waals surface area contributed by atoms with E-state index in [1.165, 1.54) is 0 Å². The Kier molecular flexibility index (Phi) is 2.40. The summed E-state index contributed by atoms with van der Waals surface area (Å²) in [5.74, 6) is -0.826. The molecule has 0 unspecified atom stereocenters. The minimum atomic E-state index is -0.461. The second-order valence-corrected chi connectivity index (χ2v) is 1.14. The second-order valence-electron chi connectivity index (χ2n) is 1.14. The molecule has 0 bridgehead atoms. The lowest BCUT2D eigenvalue weighted by Crippen LogP contribution is -2.18. The molecule has 0 aliphatic rings. The maximum atomic E-state index is 10.2. The van der Waals surface area contributed by atoms with Crippen molar-refractivity contribution in [1.82, 2.24) is 5.32 Å². The fourth-order valence-corrected chi connectivity index (χ4v) is 0.193. The Morgan fingerprint density at radius 3 is 2.38 bits per heavy atom. The average Bonchev–Trinajstić information content (AvgIpc) is 1.65. The van der Waals surface area contributed by atoms with E-state index in [1.807, 2.05) is 5.32 Å². The monoisotopic (exact) mass is 113 g/mol. The van der Waals surface area contributed by atoms with Gasteiger partial charge in [0.2, 0.25) is 5.91 Å². The zero-order chi connectivity index (χ0) is 6.57. The normalized spacial score (nSPS) is 7.50. The standard InChI is InChI=1S/C5H7NO2/c1-3-5(8)6-4(2)7/h3,7H,1-2H2,(H,6,8). The molecule has 8 heavy (non-hydrogen) atoms. The first kappa shape index (κ1) is 6.75. The number of hydrogen-bond acceptors (Lipinski definition) is 2. The van der Waals surface area contributed by atoms with Gasteiger partial charge in [-0.05, 0) is 12.7 Å². The summed E-state index contributed by atoms with van der Waals surface area (Å²) in [6, 6.07) is 0. The molecule has 0 spiro atoms. The van der Waals surface area contributed by atoms with Crippen LogP contribution in [0.1, 0.15) is 0 Å². The molecule has 3 heteroatoms. The Morgan fingerprint density at radius 2 is 2.25 bits per heavy atom. The van der Waals surface area contributed by atoms with Gasteiger partial charge in [-0.3, -0.25) is 10.1 Å². The van der Waals surface area contributed by atoms with Gasteiger partial charge in [-0.15, -0.1) is 0 Å². The predicted molar refractivity (Wildman–Crippen MR) is 30.1 cm³/mol. The van der Waals surface area contributed by atoms with Crippen molar-refractivity contribution in [2.45, 2.75) is 0 Å². The van der Waals surface area contributed by atoms with Crippen molar-refractivity contribution >= 4 is 5.91 Å². The quantitative estimate of drug-likeness (QED) is 0.400. The van der Waals surface area contributed by atoms with Crippen LogP contribution in [0, 0.1) is 0 Å². The van der Waals surface area contributed by atoms with E-state index in [9.17, 15) is 4.79 Å². The lowest BCUT2D eigenvalue weighted by Gasteiger charge is -1.93. The van der Waals surface area contributed by atoms with Gasteiger partial charge in [0.1, 0.15) is 0 Å². The fraction of sp³-hybridized carbons (Fsp3) is 0. The topological polar surface area (TPSA) is 49.3 Å². The predicted octanol–water partition coefficient (Wildman–Crippen LogP) is 0.318. The molecule has 0 saturated heterocycles. The van der Waals surface area contributed by atoms with Gasteiger partial charge in [-0.2, -0.15) is 0 Å². The Morgan fingerprint density at radius 1 is 1.75 bits per heavy atom. The van der Waals surface area contributed by atoms with Crippen molar-refractivity contribution < 1.29 is 9.90 Å². The van der Waals surface area contributed by atoms with E-state index < -0.39 is 5.91 Å². The van der Waals surface area contributed by atoms with E-state index >= 15 is 0 Å². The van der Waals surface area contributed by atoms with E-state index in [4.69, 9.17) is 5.11 Å². The van der Waals surface area contributed by atoms with Crippen LogP contribution < -0.4 is 5.32 Å². The van der Waals surface area contributed by atoms with Gasteiger partial charge >= 0.3 is 0 Å². The molecule has 0 aliphatic heterocycles. The molecule has 0 atom stereocenters. The van der Waals surface area contributed by atoms with Crippen LogP contribution >= 0.6 is 0 Å². The number of hydrogen-bond donors (Lipinski definition) is 2. The van der Waals surface area contributed by atoms with Crippen LogP contribution in [0.2, 0.25) is 0 Å². The minimum absolute atomic E-state index is 0.366. The average molecular weight is 113 g/mol. The van der Waals surface area contributed by atoms with Crippen molar-refractivity contribution in [3.05, 3.63) is 25.1 Å². The van der Waals surface area contributed by atoms with Crippen LogP contribution in [0.25, 0.3) is 0 Å². The van der Waals surface area contributed by atoms with Crippen LogP contribution in [0.4, 0.5) is 0 Å². The first-order chi connectivity index (χ1) is 3.66. The van der Waals surface area contributed by atoms with Crippen molar-refractivity contribution in [3.8, 4) is 0 Å². The maximum Gasteiger partial charge on any atom is 0.250 e. The Hall–Kier alpha value is -1.25. The van der Waals surface area contributed by atoms with Crippen molar-refractivity contribution in [3.63, 3.8) is 0 Å². The highest BCUT2D eigenvalue weighted by atomic mass is 16.3. The number of carbonyl (C=O) groups excluding carboxylic acids is 1. The highest BCUT2D eigenvalue weighted by molar-refractivity contribution is 5.87. The highest BCUT2D eigenvalue weighted by Crippen LogP contribution is 1.72. The number of amides is 1. The number of nitrogens with one attached hydrogen (secondary N) is 1. The Balaban J connectivity index is 3.55. The van der Waals surface area contributed by atoms with Gasteiger partial charge in [0, 0.05) is 0 Å². The van der Waals surface area contributed by atoms with Gasteiger partial charge in [0.05, 0.1) is 0 Å². The summed E-state index contributed by atoms with van der Waals surface area (Å²) in [5, 5.41) is 10.3. The zero-order valence-corrected chi connectivity index (χ0v) is 4.35. The van der Waals surface area contributed by atoms with Gasteiger partial charge in [0.25, 0.3) is 0 Å². The third-order valence-corrected chi connectivity index (χ3v) is 0.453. The maximum absolute atomic E-state index is 10.2. The van der Waals surface area contributed by atoms with Gasteiger partial charge in [-0.1, -0.05) is 6.58 Å². The van der Waals surface area contributed by atoms with E-state index in [-0.39, 0.29) is 5.88 Å². The van der Waals surface area contributed by atoms with Crippen molar-refractivity contribution in [2.75, 3.05) is 0 Å². The molecule has 0 aromatic carbocycles. The van der Waals surface area contributed by atoms with Gasteiger partial charge < -0.3 is 5.11 Å². The van der Waals surface area contributed by atoms with Crippen molar-refractivity contribution in [1.29, 1.82) is 0 Å². The number of aliphatic hydroxyl groups excluding tert-OH is 1. The minimum Gasteiger partial charge on any atom is -0.495 e. The van der Waals surface area contributed by atoms with E-state index in [0.29, 0.717) is 0 Å². The van der Waals surface area contributed by atoms with Gasteiger partial charge in [0.15, 0.2) is 5.88 Å². The lowest BCUT2D eigenvalue weighted by molar-refractivity contribution is -0.116. The highest BCUT2D eigenvalue weighted by Gasteiger charge is 1.90. The summed E-state index contributed by atoms with van der Waals surface area (Å²) in [6.45, 7) is 6.17. The molecular weight excluding hydrogens is 106 g/mol. The van der Waals surface area contributed by atoms with E-state index in [1.54, 1.807) is 0 Å². The first-order valence-electron chi connectivity index (χ1n) is 1.98. The largest absolute Gasteiger partial charge is 0.495 e. The van der Waals surface area contributed by atoms with Crippen molar-refractivity contribution in [2.24, 2.45) is 0 Å². The summed E-state index contributed by atoms with van der Waals surface area (Å²) in [4.78, 5) is 10.2. The SMILES string of the molecule is C=CC(=O)NC(=C)O. The third kappa shape index (κ3) is 2.96. The molecule has 0 aromatic rings. The number of rotatable bonds is 2. The summed E-state index contributed by atoms with van der Waals surface area (Å²) >= 11 is 0. The Bertz CT molecular complexity index is 128. The fourth-order valence-electron chi connectivity index (χ4n) is 0.193. The van der Waals surface area contributed by atoms with Crippen LogP contribution in [0.5, 0.6) is 0 Å². The number of carbonyl (C=O) groups is 1. The van der Waals surface area contributed by atoms with E-state index in [0.717, 1.165) is 6.08 Å². The summed E-state index contributed by atoms with van der Waals surface area (Å²) < 4.78 is 0. The molecular formula is C5H7NO2. The molecule has 0 heterocycles. The smallest absolute Gasteiger partial charge is 0.250 e. The van der Waals surface area contributed by atoms with Crippen LogP contribution in [0.15, 0.2) is 25.1 Å².